The van der Waals surface area contributed by atoms with Crippen LogP contribution in [0.1, 0.15) is 60.3 Å². The monoisotopic (exact) mass is 278 g/mol. The SMILES string of the molecule is CC(F)(F)c1sc(CCl)cc1C1CCCCC1. The van der Waals surface area contributed by atoms with Crippen molar-refractivity contribution in [3.8, 4) is 0 Å². The predicted octanol–water partition coefficient (Wildman–Crippen LogP) is 5.65. The molecule has 0 atom stereocenters. The van der Waals surface area contributed by atoms with Gasteiger partial charge in [0.1, 0.15) is 0 Å². The van der Waals surface area contributed by atoms with Gasteiger partial charge in [0.25, 0.3) is 5.92 Å². The molecule has 1 saturated carbocycles. The van der Waals surface area contributed by atoms with Gasteiger partial charge in [-0.15, -0.1) is 22.9 Å². The molecule has 17 heavy (non-hydrogen) atoms. The molecular weight excluding hydrogens is 262 g/mol. The van der Waals surface area contributed by atoms with Gasteiger partial charge in [0.05, 0.1) is 10.8 Å². The maximum Gasteiger partial charge on any atom is 0.279 e. The summed E-state index contributed by atoms with van der Waals surface area (Å²) in [5, 5.41) is 0. The summed E-state index contributed by atoms with van der Waals surface area (Å²) in [6.07, 6.45) is 5.64. The number of alkyl halides is 3. The van der Waals surface area contributed by atoms with Crippen molar-refractivity contribution in [2.45, 2.75) is 56.7 Å². The summed E-state index contributed by atoms with van der Waals surface area (Å²) in [7, 11) is 0. The lowest BCUT2D eigenvalue weighted by Gasteiger charge is -2.23. The van der Waals surface area contributed by atoms with E-state index in [1.165, 1.54) is 17.8 Å². The highest BCUT2D eigenvalue weighted by atomic mass is 35.5. The molecule has 1 heterocycles. The van der Waals surface area contributed by atoms with Crippen LogP contribution >= 0.6 is 22.9 Å². The van der Waals surface area contributed by atoms with Crippen molar-refractivity contribution in [3.05, 3.63) is 21.4 Å². The minimum absolute atomic E-state index is 0.236. The van der Waals surface area contributed by atoms with E-state index in [2.05, 4.69) is 0 Å². The first-order valence-corrected chi connectivity index (χ1v) is 7.44. The van der Waals surface area contributed by atoms with Gasteiger partial charge in [-0.1, -0.05) is 19.3 Å². The van der Waals surface area contributed by atoms with E-state index in [1.807, 2.05) is 6.07 Å². The van der Waals surface area contributed by atoms with E-state index in [1.54, 1.807) is 0 Å². The lowest BCUT2D eigenvalue weighted by atomic mass is 9.83. The van der Waals surface area contributed by atoms with Crippen LogP contribution in [0.15, 0.2) is 6.07 Å². The molecule has 0 spiro atoms. The third-order valence-corrected chi connectivity index (χ3v) is 5.16. The number of hydrogen-bond acceptors (Lipinski definition) is 1. The number of rotatable bonds is 3. The molecule has 0 radical (unpaired) electrons. The predicted molar refractivity (Wildman–Crippen MR) is 69.3 cm³/mol. The average Bonchev–Trinajstić information content (AvgIpc) is 2.74. The largest absolute Gasteiger partial charge is 0.279 e. The van der Waals surface area contributed by atoms with Crippen molar-refractivity contribution in [1.29, 1.82) is 0 Å². The molecule has 4 heteroatoms. The number of hydrogen-bond donors (Lipinski definition) is 0. The minimum Gasteiger partial charge on any atom is -0.201 e. The minimum atomic E-state index is -2.73. The van der Waals surface area contributed by atoms with Gasteiger partial charge in [0.15, 0.2) is 0 Å². The molecule has 1 aromatic rings. The van der Waals surface area contributed by atoms with Crippen LogP contribution in [0.3, 0.4) is 0 Å². The summed E-state index contributed by atoms with van der Waals surface area (Å²) in [6.45, 7) is 0.989. The molecule has 0 aromatic carbocycles. The van der Waals surface area contributed by atoms with Crippen molar-refractivity contribution >= 4 is 22.9 Å². The van der Waals surface area contributed by atoms with Gasteiger partial charge in [-0.3, -0.25) is 0 Å². The van der Waals surface area contributed by atoms with Gasteiger partial charge in [-0.05, 0) is 30.4 Å². The Bertz CT molecular complexity index is 375. The summed E-state index contributed by atoms with van der Waals surface area (Å²) in [6, 6.07) is 1.90. The zero-order chi connectivity index (χ0) is 12.5. The lowest BCUT2D eigenvalue weighted by Crippen LogP contribution is -2.12. The Labute approximate surface area is 110 Å². The fourth-order valence-electron chi connectivity index (χ4n) is 2.58. The van der Waals surface area contributed by atoms with E-state index in [4.69, 9.17) is 11.6 Å². The molecule has 2 rings (SSSR count). The molecule has 0 nitrogen and oxygen atoms in total. The molecule has 96 valence electrons. The zero-order valence-electron chi connectivity index (χ0n) is 9.94. The molecule has 0 N–H and O–H groups in total. The first-order chi connectivity index (χ1) is 8.02. The highest BCUT2D eigenvalue weighted by Crippen LogP contribution is 2.44. The van der Waals surface area contributed by atoms with Crippen LogP contribution < -0.4 is 0 Å². The number of halogens is 3. The molecule has 0 unspecified atom stereocenters. The topological polar surface area (TPSA) is 0 Å². The molecule has 0 amide bonds. The van der Waals surface area contributed by atoms with Gasteiger partial charge in [0.2, 0.25) is 0 Å². The van der Waals surface area contributed by atoms with E-state index in [9.17, 15) is 8.78 Å². The van der Waals surface area contributed by atoms with Gasteiger partial charge in [-0.2, -0.15) is 0 Å². The maximum atomic E-state index is 13.6. The fourth-order valence-corrected chi connectivity index (χ4v) is 3.85. The van der Waals surface area contributed by atoms with E-state index in [-0.39, 0.29) is 4.88 Å². The molecule has 1 fully saturated rings. The van der Waals surface area contributed by atoms with Gasteiger partial charge in [0, 0.05) is 11.8 Å². The van der Waals surface area contributed by atoms with E-state index >= 15 is 0 Å². The molecular formula is C13H17ClF2S. The molecule has 1 aromatic heterocycles. The molecule has 0 aliphatic heterocycles. The van der Waals surface area contributed by atoms with Crippen molar-refractivity contribution in [3.63, 3.8) is 0 Å². The number of thiophene rings is 1. The molecule has 0 saturated heterocycles. The highest BCUT2D eigenvalue weighted by molar-refractivity contribution is 7.12. The molecule has 0 bridgehead atoms. The van der Waals surface area contributed by atoms with Crippen LogP contribution in [-0.2, 0) is 11.8 Å². The van der Waals surface area contributed by atoms with Crippen LogP contribution in [0.4, 0.5) is 8.78 Å². The first-order valence-electron chi connectivity index (χ1n) is 6.09. The Balaban J connectivity index is 2.33. The summed E-state index contributed by atoms with van der Waals surface area (Å²) in [5.41, 5.74) is 0.859. The first kappa shape index (κ1) is 13.3. The second kappa shape index (κ2) is 5.23. The Morgan fingerprint density at radius 2 is 2.00 bits per heavy atom. The van der Waals surface area contributed by atoms with Crippen molar-refractivity contribution in [2.24, 2.45) is 0 Å². The normalized spacial score (nSPS) is 18.6. The summed E-state index contributed by atoms with van der Waals surface area (Å²) in [5.74, 6) is -2.08. The van der Waals surface area contributed by atoms with Crippen LogP contribution in [0, 0.1) is 0 Å². The van der Waals surface area contributed by atoms with Gasteiger partial charge >= 0.3 is 0 Å². The molecule has 1 aliphatic carbocycles. The lowest BCUT2D eigenvalue weighted by molar-refractivity contribution is 0.0201. The van der Waals surface area contributed by atoms with Crippen molar-refractivity contribution in [2.75, 3.05) is 0 Å². The van der Waals surface area contributed by atoms with Crippen LogP contribution in [0.25, 0.3) is 0 Å². The van der Waals surface area contributed by atoms with E-state index in [0.29, 0.717) is 11.8 Å². The summed E-state index contributed by atoms with van der Waals surface area (Å²) < 4.78 is 27.2. The van der Waals surface area contributed by atoms with E-state index < -0.39 is 5.92 Å². The Morgan fingerprint density at radius 1 is 1.35 bits per heavy atom. The second-order valence-electron chi connectivity index (χ2n) is 4.85. The van der Waals surface area contributed by atoms with Crippen molar-refractivity contribution < 1.29 is 8.78 Å². The van der Waals surface area contributed by atoms with Crippen LogP contribution in [0.2, 0.25) is 0 Å². The van der Waals surface area contributed by atoms with Crippen molar-refractivity contribution in [1.82, 2.24) is 0 Å². The van der Waals surface area contributed by atoms with Gasteiger partial charge < -0.3 is 0 Å². The highest BCUT2D eigenvalue weighted by Gasteiger charge is 2.33. The summed E-state index contributed by atoms with van der Waals surface area (Å²) in [4.78, 5) is 1.10. The Hall–Kier alpha value is -0.150. The third-order valence-electron chi connectivity index (χ3n) is 3.39. The quantitative estimate of drug-likeness (QED) is 0.627. The molecule has 1 aliphatic rings. The average molecular weight is 279 g/mol. The van der Waals surface area contributed by atoms with E-state index in [0.717, 1.165) is 43.0 Å². The zero-order valence-corrected chi connectivity index (χ0v) is 11.5. The fraction of sp³-hybridized carbons (Fsp3) is 0.692. The van der Waals surface area contributed by atoms with Crippen LogP contribution in [0.5, 0.6) is 0 Å². The maximum absolute atomic E-state index is 13.6. The smallest absolute Gasteiger partial charge is 0.201 e. The third kappa shape index (κ3) is 3.00. The van der Waals surface area contributed by atoms with Gasteiger partial charge in [-0.25, -0.2) is 8.78 Å². The Kier molecular flexibility index (Phi) is 4.09. The standard InChI is InChI=1S/C13H17ClF2S/c1-13(15,16)12-11(7-10(8-14)17-12)9-5-3-2-4-6-9/h7,9H,2-6,8H2,1H3. The second-order valence-corrected chi connectivity index (χ2v) is 6.26. The van der Waals surface area contributed by atoms with Crippen LogP contribution in [-0.4, -0.2) is 0 Å². The Morgan fingerprint density at radius 3 is 2.53 bits per heavy atom. The summed E-state index contributed by atoms with van der Waals surface area (Å²) >= 11 is 6.94.